The zero-order valence-electron chi connectivity index (χ0n) is 12.7. The summed E-state index contributed by atoms with van der Waals surface area (Å²) >= 11 is 0. The van der Waals surface area contributed by atoms with Crippen molar-refractivity contribution in [2.24, 2.45) is 0 Å². The van der Waals surface area contributed by atoms with Gasteiger partial charge in [-0.2, -0.15) is 0 Å². The van der Waals surface area contributed by atoms with Crippen LogP contribution in [-0.4, -0.2) is 38.6 Å². The van der Waals surface area contributed by atoms with Crippen molar-refractivity contribution in [1.82, 2.24) is 4.90 Å². The van der Waals surface area contributed by atoms with Crippen LogP contribution in [0, 0.1) is 5.82 Å². The van der Waals surface area contributed by atoms with Crippen LogP contribution in [0.15, 0.2) is 52.3 Å². The Morgan fingerprint density at radius 1 is 1.13 bits per heavy atom. The van der Waals surface area contributed by atoms with Gasteiger partial charge in [-0.3, -0.25) is 0 Å². The monoisotopic (exact) mass is 335 g/mol. The van der Waals surface area contributed by atoms with Crippen molar-refractivity contribution in [1.29, 1.82) is 0 Å². The van der Waals surface area contributed by atoms with Crippen molar-refractivity contribution >= 4 is 9.84 Å². The molecule has 0 amide bonds. The van der Waals surface area contributed by atoms with Gasteiger partial charge in [0.25, 0.3) is 0 Å². The molecule has 0 spiro atoms. The van der Waals surface area contributed by atoms with Gasteiger partial charge in [-0.25, -0.2) is 12.8 Å². The van der Waals surface area contributed by atoms with Crippen molar-refractivity contribution in [3.63, 3.8) is 0 Å². The van der Waals surface area contributed by atoms with E-state index in [1.807, 2.05) is 7.05 Å². The predicted molar refractivity (Wildman–Crippen MR) is 84.8 cm³/mol. The number of sulfone groups is 1. The minimum absolute atomic E-state index is 0.0177. The Kier molecular flexibility index (Phi) is 4.12. The maximum atomic E-state index is 14.4. The van der Waals surface area contributed by atoms with Gasteiger partial charge in [-0.1, -0.05) is 6.07 Å². The maximum Gasteiger partial charge on any atom is 0.206 e. The van der Waals surface area contributed by atoms with Crippen molar-refractivity contribution in [3.8, 4) is 5.75 Å². The molecule has 3 rings (SSSR count). The molecule has 1 atom stereocenters. The first kappa shape index (κ1) is 16.0. The van der Waals surface area contributed by atoms with Crippen LogP contribution in [0.3, 0.4) is 0 Å². The zero-order valence-corrected chi connectivity index (χ0v) is 13.6. The Morgan fingerprint density at radius 2 is 1.78 bits per heavy atom. The molecule has 0 aliphatic carbocycles. The number of likely N-dealkylation sites (N-methyl/N-ethyl adjacent to an activating group) is 1. The summed E-state index contributed by atoms with van der Waals surface area (Å²) in [6.45, 7) is 1.69. The summed E-state index contributed by atoms with van der Waals surface area (Å²) in [5.41, 5.74) is 0.569. The van der Waals surface area contributed by atoms with Crippen LogP contribution >= 0.6 is 0 Å². The van der Waals surface area contributed by atoms with E-state index in [1.54, 1.807) is 6.07 Å². The Morgan fingerprint density at radius 3 is 2.35 bits per heavy atom. The van der Waals surface area contributed by atoms with Crippen LogP contribution < -0.4 is 0 Å². The molecule has 1 unspecified atom stereocenters. The molecule has 1 aliphatic rings. The number of hydrogen-bond acceptors (Lipinski definition) is 4. The van der Waals surface area contributed by atoms with Gasteiger partial charge in [-0.05, 0) is 62.0 Å². The number of halogens is 1. The van der Waals surface area contributed by atoms with Crippen LogP contribution in [0.2, 0.25) is 0 Å². The average Bonchev–Trinajstić information content (AvgIpc) is 2.94. The first-order valence-electron chi connectivity index (χ1n) is 7.40. The molecule has 4 nitrogen and oxygen atoms in total. The van der Waals surface area contributed by atoms with E-state index < -0.39 is 15.7 Å². The highest BCUT2D eigenvalue weighted by Crippen LogP contribution is 2.31. The van der Waals surface area contributed by atoms with E-state index in [1.165, 1.54) is 30.3 Å². The molecule has 0 radical (unpaired) electrons. The highest BCUT2D eigenvalue weighted by molar-refractivity contribution is 7.91. The topological polar surface area (TPSA) is 57.6 Å². The summed E-state index contributed by atoms with van der Waals surface area (Å²) < 4.78 is 39.5. The van der Waals surface area contributed by atoms with E-state index in [2.05, 4.69) is 4.90 Å². The summed E-state index contributed by atoms with van der Waals surface area (Å²) in [6.07, 6.45) is 0.872. The molecule has 0 bridgehead atoms. The van der Waals surface area contributed by atoms with Crippen LogP contribution in [0.1, 0.15) is 17.9 Å². The van der Waals surface area contributed by atoms with E-state index >= 15 is 0 Å². The Labute approximate surface area is 135 Å². The van der Waals surface area contributed by atoms with Gasteiger partial charge < -0.3 is 10.0 Å². The molecular weight excluding hydrogens is 317 g/mol. The molecule has 0 saturated carbocycles. The third-order valence-corrected chi connectivity index (χ3v) is 6.03. The summed E-state index contributed by atoms with van der Waals surface area (Å²) in [5.74, 6) is -0.397. The van der Waals surface area contributed by atoms with Gasteiger partial charge in [-0.15, -0.1) is 0 Å². The SMILES string of the molecule is CN1CCC(c2ccc(S(=O)(=O)c3ccc(O)cc3)cc2F)C1. The smallest absolute Gasteiger partial charge is 0.206 e. The van der Waals surface area contributed by atoms with Gasteiger partial charge in [0.05, 0.1) is 9.79 Å². The normalized spacial score (nSPS) is 19.1. The molecule has 1 saturated heterocycles. The van der Waals surface area contributed by atoms with Crippen LogP contribution in [0.5, 0.6) is 5.75 Å². The first-order valence-corrected chi connectivity index (χ1v) is 8.88. The molecular formula is C17H18FNO3S. The van der Waals surface area contributed by atoms with Gasteiger partial charge in [0.15, 0.2) is 0 Å². The van der Waals surface area contributed by atoms with Gasteiger partial charge in [0.2, 0.25) is 9.84 Å². The number of benzene rings is 2. The number of likely N-dealkylation sites (tertiary alicyclic amines) is 1. The molecule has 6 heteroatoms. The van der Waals surface area contributed by atoms with E-state index in [0.717, 1.165) is 25.6 Å². The molecule has 1 heterocycles. The van der Waals surface area contributed by atoms with Gasteiger partial charge in [0, 0.05) is 12.5 Å². The fourth-order valence-corrected chi connectivity index (χ4v) is 4.23. The third-order valence-electron chi connectivity index (χ3n) is 4.26. The van der Waals surface area contributed by atoms with Crippen molar-refractivity contribution < 1.29 is 17.9 Å². The summed E-state index contributed by atoms with van der Waals surface area (Å²) in [6, 6.07) is 9.34. The minimum atomic E-state index is -3.79. The molecule has 1 fully saturated rings. The summed E-state index contributed by atoms with van der Waals surface area (Å²) in [7, 11) is -1.80. The second-order valence-electron chi connectivity index (χ2n) is 5.93. The zero-order chi connectivity index (χ0) is 16.6. The standard InChI is InChI=1S/C17H18FNO3S/c1-19-9-8-12(11-19)16-7-6-15(10-17(16)18)23(21,22)14-4-2-13(20)3-5-14/h2-7,10,12,20H,8-9,11H2,1H3. The number of hydrogen-bond donors (Lipinski definition) is 1. The van der Waals surface area contributed by atoms with E-state index in [-0.39, 0.29) is 21.5 Å². The second-order valence-corrected chi connectivity index (χ2v) is 7.88. The van der Waals surface area contributed by atoms with Gasteiger partial charge >= 0.3 is 0 Å². The largest absolute Gasteiger partial charge is 0.508 e. The summed E-state index contributed by atoms with van der Waals surface area (Å²) in [5, 5.41) is 9.26. The molecule has 1 N–H and O–H groups in total. The molecule has 2 aromatic rings. The van der Waals surface area contributed by atoms with E-state index in [0.29, 0.717) is 5.56 Å². The van der Waals surface area contributed by atoms with Crippen LogP contribution in [0.4, 0.5) is 4.39 Å². The Bertz CT molecular complexity index is 818. The second kappa shape index (κ2) is 5.94. The lowest BCUT2D eigenvalue weighted by molar-refractivity contribution is 0.410. The molecule has 0 aromatic heterocycles. The fraction of sp³-hybridized carbons (Fsp3) is 0.294. The van der Waals surface area contributed by atoms with Crippen molar-refractivity contribution in [3.05, 3.63) is 53.8 Å². The molecule has 2 aromatic carbocycles. The number of nitrogens with zero attached hydrogens (tertiary/aromatic N) is 1. The highest BCUT2D eigenvalue weighted by atomic mass is 32.2. The maximum absolute atomic E-state index is 14.4. The van der Waals surface area contributed by atoms with E-state index in [9.17, 15) is 17.9 Å². The molecule has 1 aliphatic heterocycles. The third kappa shape index (κ3) is 3.09. The summed E-state index contributed by atoms with van der Waals surface area (Å²) in [4.78, 5) is 2.09. The number of phenolic OH excluding ortho intramolecular Hbond substituents is 1. The molecule has 23 heavy (non-hydrogen) atoms. The number of aromatic hydroxyl groups is 1. The minimum Gasteiger partial charge on any atom is -0.508 e. The van der Waals surface area contributed by atoms with Crippen LogP contribution in [-0.2, 0) is 9.84 Å². The lowest BCUT2D eigenvalue weighted by atomic mass is 9.98. The Balaban J connectivity index is 1.94. The van der Waals surface area contributed by atoms with E-state index in [4.69, 9.17) is 0 Å². The lowest BCUT2D eigenvalue weighted by Crippen LogP contribution is -2.14. The average molecular weight is 335 g/mol. The fourth-order valence-electron chi connectivity index (χ4n) is 2.96. The quantitative estimate of drug-likeness (QED) is 0.937. The molecule has 122 valence electrons. The Hall–Kier alpha value is -1.92. The van der Waals surface area contributed by atoms with Crippen LogP contribution in [0.25, 0.3) is 0 Å². The number of rotatable bonds is 3. The van der Waals surface area contributed by atoms with Crippen molar-refractivity contribution in [2.45, 2.75) is 22.1 Å². The van der Waals surface area contributed by atoms with Gasteiger partial charge in [0.1, 0.15) is 11.6 Å². The predicted octanol–water partition coefficient (Wildman–Crippen LogP) is 2.78. The number of phenols is 1. The highest BCUT2D eigenvalue weighted by Gasteiger charge is 2.25. The lowest BCUT2D eigenvalue weighted by Gasteiger charge is -2.13. The first-order chi connectivity index (χ1) is 10.9. The van der Waals surface area contributed by atoms with Crippen molar-refractivity contribution in [2.75, 3.05) is 20.1 Å².